The lowest BCUT2D eigenvalue weighted by molar-refractivity contribution is 0.282. The Morgan fingerprint density at radius 3 is 2.29 bits per heavy atom. The molecule has 0 heterocycles. The Morgan fingerprint density at radius 2 is 1.67 bits per heavy atom. The Kier molecular flexibility index (Phi) is 5.40. The summed E-state index contributed by atoms with van der Waals surface area (Å²) in [5.74, 6) is 0.688. The van der Waals surface area contributed by atoms with Gasteiger partial charge in [0.1, 0.15) is 0 Å². The van der Waals surface area contributed by atoms with E-state index in [0.717, 1.165) is 17.7 Å². The Bertz CT molecular complexity index is 560. The summed E-state index contributed by atoms with van der Waals surface area (Å²) >= 11 is 0. The van der Waals surface area contributed by atoms with Crippen LogP contribution in [0.1, 0.15) is 43.5 Å². The van der Waals surface area contributed by atoms with Gasteiger partial charge in [-0.15, -0.1) is 0 Å². The normalized spacial score (nSPS) is 12.4. The van der Waals surface area contributed by atoms with Crippen molar-refractivity contribution in [2.45, 2.75) is 39.8 Å². The second kappa shape index (κ2) is 7.28. The van der Waals surface area contributed by atoms with Crippen molar-refractivity contribution in [2.24, 2.45) is 5.92 Å². The SMILES string of the molecule is CC(C)Cc1ccc(C(C)Nc2cccc(CO)c2)cc1. The number of rotatable bonds is 6. The van der Waals surface area contributed by atoms with Crippen LogP contribution in [0.5, 0.6) is 0 Å². The fourth-order valence-electron chi connectivity index (χ4n) is 2.51. The van der Waals surface area contributed by atoms with Crippen molar-refractivity contribution in [3.8, 4) is 0 Å². The summed E-state index contributed by atoms with van der Waals surface area (Å²) in [4.78, 5) is 0. The van der Waals surface area contributed by atoms with E-state index in [4.69, 9.17) is 0 Å². The van der Waals surface area contributed by atoms with Gasteiger partial charge >= 0.3 is 0 Å². The molecule has 0 aliphatic carbocycles. The lowest BCUT2D eigenvalue weighted by Gasteiger charge is -2.17. The van der Waals surface area contributed by atoms with Crippen LogP contribution >= 0.6 is 0 Å². The predicted octanol–water partition coefficient (Wildman–Crippen LogP) is 4.55. The topological polar surface area (TPSA) is 32.3 Å². The molecule has 0 aliphatic rings. The number of aliphatic hydroxyl groups is 1. The summed E-state index contributed by atoms with van der Waals surface area (Å²) in [5, 5.41) is 12.7. The number of benzene rings is 2. The smallest absolute Gasteiger partial charge is 0.0682 e. The molecule has 1 unspecified atom stereocenters. The Labute approximate surface area is 127 Å². The van der Waals surface area contributed by atoms with E-state index in [2.05, 4.69) is 50.4 Å². The van der Waals surface area contributed by atoms with Gasteiger partial charge in [0.25, 0.3) is 0 Å². The van der Waals surface area contributed by atoms with Crippen molar-refractivity contribution in [3.63, 3.8) is 0 Å². The summed E-state index contributed by atoms with van der Waals surface area (Å²) in [6, 6.07) is 17.0. The number of nitrogens with one attached hydrogen (secondary N) is 1. The van der Waals surface area contributed by atoms with E-state index in [1.165, 1.54) is 11.1 Å². The molecule has 2 heteroatoms. The Morgan fingerprint density at radius 1 is 0.952 bits per heavy atom. The average molecular weight is 283 g/mol. The largest absolute Gasteiger partial charge is 0.392 e. The van der Waals surface area contributed by atoms with Gasteiger partial charge in [0.05, 0.1) is 6.61 Å². The van der Waals surface area contributed by atoms with Crippen LogP contribution in [-0.2, 0) is 13.0 Å². The van der Waals surface area contributed by atoms with Gasteiger partial charge in [-0.25, -0.2) is 0 Å². The van der Waals surface area contributed by atoms with Crippen molar-refractivity contribution in [1.29, 1.82) is 0 Å². The van der Waals surface area contributed by atoms with Crippen LogP contribution in [0, 0.1) is 5.92 Å². The fourth-order valence-corrected chi connectivity index (χ4v) is 2.51. The third-order valence-corrected chi connectivity index (χ3v) is 3.62. The zero-order chi connectivity index (χ0) is 15.2. The first-order valence-corrected chi connectivity index (χ1v) is 7.63. The zero-order valence-corrected chi connectivity index (χ0v) is 13.1. The highest BCUT2D eigenvalue weighted by molar-refractivity contribution is 5.47. The van der Waals surface area contributed by atoms with Crippen LogP contribution in [0.25, 0.3) is 0 Å². The van der Waals surface area contributed by atoms with Crippen LogP contribution in [0.3, 0.4) is 0 Å². The molecule has 0 amide bonds. The molecule has 21 heavy (non-hydrogen) atoms. The fraction of sp³-hybridized carbons (Fsp3) is 0.368. The van der Waals surface area contributed by atoms with Gasteiger partial charge in [-0.05, 0) is 48.1 Å². The summed E-state index contributed by atoms with van der Waals surface area (Å²) in [5.41, 5.74) is 4.64. The highest BCUT2D eigenvalue weighted by Crippen LogP contribution is 2.21. The lowest BCUT2D eigenvalue weighted by atomic mass is 10.00. The van der Waals surface area contributed by atoms with Crippen LogP contribution in [0.15, 0.2) is 48.5 Å². The molecule has 0 fully saturated rings. The van der Waals surface area contributed by atoms with E-state index in [9.17, 15) is 5.11 Å². The van der Waals surface area contributed by atoms with Crippen LogP contribution in [-0.4, -0.2) is 5.11 Å². The number of hydrogen-bond donors (Lipinski definition) is 2. The minimum atomic E-state index is 0.0772. The Balaban J connectivity index is 2.03. The molecule has 0 bridgehead atoms. The van der Waals surface area contributed by atoms with Crippen LogP contribution in [0.2, 0.25) is 0 Å². The molecule has 0 saturated heterocycles. The molecular weight excluding hydrogens is 258 g/mol. The third-order valence-electron chi connectivity index (χ3n) is 3.62. The minimum absolute atomic E-state index is 0.0772. The Hall–Kier alpha value is -1.80. The van der Waals surface area contributed by atoms with E-state index in [0.29, 0.717) is 5.92 Å². The molecule has 2 aromatic carbocycles. The maximum atomic E-state index is 9.19. The molecule has 112 valence electrons. The summed E-state index contributed by atoms with van der Waals surface area (Å²) in [6.07, 6.45) is 1.13. The molecule has 2 rings (SSSR count). The van der Waals surface area contributed by atoms with E-state index in [1.54, 1.807) is 0 Å². The van der Waals surface area contributed by atoms with Crippen LogP contribution < -0.4 is 5.32 Å². The summed E-state index contributed by atoms with van der Waals surface area (Å²) in [6.45, 7) is 6.72. The number of anilines is 1. The molecule has 0 aromatic heterocycles. The molecule has 0 aliphatic heterocycles. The first-order valence-electron chi connectivity index (χ1n) is 7.63. The van der Waals surface area contributed by atoms with Gasteiger partial charge in [0, 0.05) is 11.7 Å². The van der Waals surface area contributed by atoms with Gasteiger partial charge in [0.15, 0.2) is 0 Å². The van der Waals surface area contributed by atoms with Gasteiger partial charge in [-0.1, -0.05) is 50.2 Å². The quantitative estimate of drug-likeness (QED) is 0.815. The predicted molar refractivity (Wildman–Crippen MR) is 89.4 cm³/mol. The average Bonchev–Trinajstić information content (AvgIpc) is 2.47. The van der Waals surface area contributed by atoms with E-state index in [1.807, 2.05) is 24.3 Å². The first kappa shape index (κ1) is 15.6. The van der Waals surface area contributed by atoms with Crippen molar-refractivity contribution in [1.82, 2.24) is 0 Å². The van der Waals surface area contributed by atoms with Crippen molar-refractivity contribution in [3.05, 3.63) is 65.2 Å². The van der Waals surface area contributed by atoms with Crippen molar-refractivity contribution in [2.75, 3.05) is 5.32 Å². The van der Waals surface area contributed by atoms with Crippen LogP contribution in [0.4, 0.5) is 5.69 Å². The second-order valence-corrected chi connectivity index (χ2v) is 6.06. The maximum Gasteiger partial charge on any atom is 0.0682 e. The van der Waals surface area contributed by atoms with E-state index in [-0.39, 0.29) is 12.6 Å². The van der Waals surface area contributed by atoms with Crippen molar-refractivity contribution >= 4 is 5.69 Å². The van der Waals surface area contributed by atoms with E-state index < -0.39 is 0 Å². The zero-order valence-electron chi connectivity index (χ0n) is 13.1. The molecule has 2 aromatic rings. The second-order valence-electron chi connectivity index (χ2n) is 6.06. The third kappa shape index (κ3) is 4.61. The first-order chi connectivity index (χ1) is 10.1. The highest BCUT2D eigenvalue weighted by atomic mass is 16.3. The summed E-state index contributed by atoms with van der Waals surface area (Å²) in [7, 11) is 0. The molecule has 0 radical (unpaired) electrons. The molecule has 0 saturated carbocycles. The standard InChI is InChI=1S/C19H25NO/c1-14(2)11-16-7-9-18(10-8-16)15(3)20-19-6-4-5-17(12-19)13-21/h4-10,12,14-15,20-21H,11,13H2,1-3H3. The number of aliphatic hydroxyl groups excluding tert-OH is 1. The van der Waals surface area contributed by atoms with Gasteiger partial charge in [-0.3, -0.25) is 0 Å². The van der Waals surface area contributed by atoms with E-state index >= 15 is 0 Å². The van der Waals surface area contributed by atoms with Gasteiger partial charge in [-0.2, -0.15) is 0 Å². The molecule has 2 N–H and O–H groups in total. The minimum Gasteiger partial charge on any atom is -0.392 e. The maximum absolute atomic E-state index is 9.19. The highest BCUT2D eigenvalue weighted by Gasteiger charge is 2.06. The molecule has 2 nitrogen and oxygen atoms in total. The lowest BCUT2D eigenvalue weighted by Crippen LogP contribution is -2.07. The van der Waals surface area contributed by atoms with Gasteiger partial charge in [0.2, 0.25) is 0 Å². The molecule has 1 atom stereocenters. The van der Waals surface area contributed by atoms with Crippen molar-refractivity contribution < 1.29 is 5.11 Å². The number of hydrogen-bond acceptors (Lipinski definition) is 2. The summed E-state index contributed by atoms with van der Waals surface area (Å²) < 4.78 is 0. The monoisotopic (exact) mass is 283 g/mol. The molecular formula is C19H25NO. The van der Waals surface area contributed by atoms with Gasteiger partial charge < -0.3 is 10.4 Å². The molecule has 0 spiro atoms.